The van der Waals surface area contributed by atoms with E-state index in [0.29, 0.717) is 5.06 Å². The molecule has 1 fully saturated rings. The molecule has 1 rings (SSSR count). The van der Waals surface area contributed by atoms with E-state index < -0.39 is 29.5 Å². The SMILES string of the molecule is CN(CCC(=O)ON1C(=O)CCC1=O)C(=O)OC(C)(C)C. The number of hydrogen-bond acceptors (Lipinski definition) is 6. The largest absolute Gasteiger partial charge is 0.444 e. The fraction of sp³-hybridized carbons (Fsp3) is 0.692. The molecule has 0 atom stereocenters. The molecule has 0 radical (unpaired) electrons. The van der Waals surface area contributed by atoms with Crippen molar-refractivity contribution in [2.24, 2.45) is 0 Å². The van der Waals surface area contributed by atoms with Gasteiger partial charge in [-0.05, 0) is 20.8 Å². The zero-order valence-electron chi connectivity index (χ0n) is 12.7. The van der Waals surface area contributed by atoms with Crippen LogP contribution in [0.15, 0.2) is 0 Å². The third-order valence-electron chi connectivity index (χ3n) is 2.56. The highest BCUT2D eigenvalue weighted by atomic mass is 16.7. The van der Waals surface area contributed by atoms with Crippen molar-refractivity contribution in [2.75, 3.05) is 13.6 Å². The van der Waals surface area contributed by atoms with E-state index in [1.165, 1.54) is 11.9 Å². The maximum absolute atomic E-state index is 11.7. The maximum Gasteiger partial charge on any atom is 0.410 e. The highest BCUT2D eigenvalue weighted by molar-refractivity contribution is 6.01. The third-order valence-corrected chi connectivity index (χ3v) is 2.56. The van der Waals surface area contributed by atoms with Gasteiger partial charge in [0.2, 0.25) is 0 Å². The molecule has 1 saturated heterocycles. The van der Waals surface area contributed by atoms with E-state index in [-0.39, 0.29) is 25.8 Å². The first-order chi connectivity index (χ1) is 9.60. The van der Waals surface area contributed by atoms with Crippen LogP contribution in [0, 0.1) is 0 Å². The third kappa shape index (κ3) is 5.41. The van der Waals surface area contributed by atoms with E-state index in [2.05, 4.69) is 4.84 Å². The second-order valence-electron chi connectivity index (χ2n) is 5.70. The van der Waals surface area contributed by atoms with Crippen LogP contribution >= 0.6 is 0 Å². The Morgan fingerprint density at radius 2 is 1.71 bits per heavy atom. The topological polar surface area (TPSA) is 93.2 Å². The monoisotopic (exact) mass is 300 g/mol. The normalized spacial score (nSPS) is 15.1. The van der Waals surface area contributed by atoms with Crippen molar-refractivity contribution in [3.63, 3.8) is 0 Å². The molecule has 1 aliphatic rings. The maximum atomic E-state index is 11.7. The highest BCUT2D eigenvalue weighted by Gasteiger charge is 2.32. The molecule has 0 aliphatic carbocycles. The van der Waals surface area contributed by atoms with Gasteiger partial charge in [-0.2, -0.15) is 0 Å². The molecule has 0 aromatic heterocycles. The number of nitrogens with zero attached hydrogens (tertiary/aromatic N) is 2. The summed E-state index contributed by atoms with van der Waals surface area (Å²) in [5.74, 6) is -1.82. The van der Waals surface area contributed by atoms with Gasteiger partial charge in [0.05, 0.1) is 6.42 Å². The molecule has 0 saturated carbocycles. The van der Waals surface area contributed by atoms with E-state index in [1.807, 2.05) is 0 Å². The average molecular weight is 300 g/mol. The Labute approximate surface area is 122 Å². The summed E-state index contributed by atoms with van der Waals surface area (Å²) in [7, 11) is 1.48. The summed E-state index contributed by atoms with van der Waals surface area (Å²) in [6.45, 7) is 5.26. The minimum atomic E-state index is -0.756. The van der Waals surface area contributed by atoms with Crippen LogP contribution in [0.3, 0.4) is 0 Å². The zero-order valence-corrected chi connectivity index (χ0v) is 12.7. The average Bonchev–Trinajstić information content (AvgIpc) is 2.65. The van der Waals surface area contributed by atoms with Gasteiger partial charge in [-0.15, -0.1) is 5.06 Å². The quantitative estimate of drug-likeness (QED) is 0.715. The second kappa shape index (κ2) is 6.55. The van der Waals surface area contributed by atoms with Crippen molar-refractivity contribution in [3.8, 4) is 0 Å². The lowest BCUT2D eigenvalue weighted by molar-refractivity contribution is -0.197. The van der Waals surface area contributed by atoms with Crippen molar-refractivity contribution in [3.05, 3.63) is 0 Å². The van der Waals surface area contributed by atoms with Gasteiger partial charge in [0.25, 0.3) is 11.8 Å². The van der Waals surface area contributed by atoms with Crippen molar-refractivity contribution >= 4 is 23.9 Å². The van der Waals surface area contributed by atoms with Gasteiger partial charge in [0, 0.05) is 26.4 Å². The standard InChI is InChI=1S/C13H20N2O6/c1-13(2,3)20-12(19)14(4)8-7-11(18)21-15-9(16)5-6-10(15)17/h5-8H2,1-4H3. The van der Waals surface area contributed by atoms with Gasteiger partial charge >= 0.3 is 12.1 Å². The van der Waals surface area contributed by atoms with Crippen LogP contribution in [-0.4, -0.2) is 53.0 Å². The molecule has 0 spiro atoms. The molecular formula is C13H20N2O6. The lowest BCUT2D eigenvalue weighted by atomic mass is 10.2. The number of carbonyl (C=O) groups is 4. The zero-order chi connectivity index (χ0) is 16.2. The Bertz CT molecular complexity index is 438. The molecule has 1 heterocycles. The molecule has 118 valence electrons. The van der Waals surface area contributed by atoms with Crippen LogP contribution in [0.25, 0.3) is 0 Å². The fourth-order valence-corrected chi connectivity index (χ4v) is 1.50. The molecule has 3 amide bonds. The lowest BCUT2D eigenvalue weighted by Crippen LogP contribution is -2.37. The first-order valence-electron chi connectivity index (χ1n) is 6.61. The van der Waals surface area contributed by atoms with Crippen LogP contribution in [0.2, 0.25) is 0 Å². The molecule has 21 heavy (non-hydrogen) atoms. The van der Waals surface area contributed by atoms with E-state index >= 15 is 0 Å². The lowest BCUT2D eigenvalue weighted by Gasteiger charge is -2.24. The number of rotatable bonds is 4. The van der Waals surface area contributed by atoms with Gasteiger partial charge in [-0.3, -0.25) is 9.59 Å². The molecule has 8 heteroatoms. The van der Waals surface area contributed by atoms with Crippen LogP contribution in [-0.2, 0) is 24.0 Å². The van der Waals surface area contributed by atoms with E-state index in [9.17, 15) is 19.2 Å². The van der Waals surface area contributed by atoms with Crippen molar-refractivity contribution in [1.29, 1.82) is 0 Å². The van der Waals surface area contributed by atoms with Gasteiger partial charge in [-0.1, -0.05) is 0 Å². The Hall–Kier alpha value is -2.12. The van der Waals surface area contributed by atoms with Crippen molar-refractivity contribution < 1.29 is 28.8 Å². The van der Waals surface area contributed by atoms with Gasteiger partial charge in [-0.25, -0.2) is 9.59 Å². The molecule has 8 nitrogen and oxygen atoms in total. The number of ether oxygens (including phenoxy) is 1. The fourth-order valence-electron chi connectivity index (χ4n) is 1.50. The van der Waals surface area contributed by atoms with Crippen molar-refractivity contribution in [1.82, 2.24) is 9.96 Å². The van der Waals surface area contributed by atoms with E-state index in [0.717, 1.165) is 0 Å². The van der Waals surface area contributed by atoms with Crippen LogP contribution < -0.4 is 0 Å². The Kier molecular flexibility index (Phi) is 5.28. The van der Waals surface area contributed by atoms with E-state index in [1.54, 1.807) is 20.8 Å². The number of amides is 3. The van der Waals surface area contributed by atoms with Crippen LogP contribution in [0.1, 0.15) is 40.0 Å². The summed E-state index contributed by atoms with van der Waals surface area (Å²) >= 11 is 0. The minimum absolute atomic E-state index is 0.0456. The smallest absolute Gasteiger partial charge is 0.410 e. The Morgan fingerprint density at radius 3 is 2.19 bits per heavy atom. The van der Waals surface area contributed by atoms with Gasteiger partial charge in [0.15, 0.2) is 0 Å². The van der Waals surface area contributed by atoms with E-state index in [4.69, 9.17) is 4.74 Å². The number of carbonyl (C=O) groups excluding carboxylic acids is 4. The molecule has 0 unspecified atom stereocenters. The number of imide groups is 1. The summed E-state index contributed by atoms with van der Waals surface area (Å²) < 4.78 is 5.12. The summed E-state index contributed by atoms with van der Waals surface area (Å²) in [6, 6.07) is 0. The first-order valence-corrected chi connectivity index (χ1v) is 6.61. The summed E-state index contributed by atoms with van der Waals surface area (Å²) in [4.78, 5) is 51.6. The summed E-state index contributed by atoms with van der Waals surface area (Å²) in [5.41, 5.74) is -0.625. The van der Waals surface area contributed by atoms with Crippen LogP contribution in [0.5, 0.6) is 0 Å². The van der Waals surface area contributed by atoms with Gasteiger partial charge < -0.3 is 14.5 Å². The minimum Gasteiger partial charge on any atom is -0.444 e. The molecular weight excluding hydrogens is 280 g/mol. The number of hydrogen-bond donors (Lipinski definition) is 0. The predicted molar refractivity (Wildman–Crippen MR) is 70.7 cm³/mol. The van der Waals surface area contributed by atoms with Crippen LogP contribution in [0.4, 0.5) is 4.79 Å². The molecule has 0 N–H and O–H groups in total. The Morgan fingerprint density at radius 1 is 1.19 bits per heavy atom. The second-order valence-corrected chi connectivity index (χ2v) is 5.70. The summed E-state index contributed by atoms with van der Waals surface area (Å²) in [6.07, 6.45) is -0.621. The molecule has 0 aromatic rings. The molecule has 1 aliphatic heterocycles. The van der Waals surface area contributed by atoms with Crippen molar-refractivity contribution in [2.45, 2.75) is 45.6 Å². The predicted octanol–water partition coefficient (Wildman–Crippen LogP) is 0.851. The number of hydroxylamine groups is 2. The molecule has 0 bridgehead atoms. The highest BCUT2D eigenvalue weighted by Crippen LogP contribution is 2.13. The first kappa shape index (κ1) is 16.9. The van der Waals surface area contributed by atoms with Gasteiger partial charge in [0.1, 0.15) is 5.60 Å². The summed E-state index contributed by atoms with van der Waals surface area (Å²) in [5, 5.41) is 0.482. The molecule has 0 aromatic carbocycles. The Balaban J connectivity index is 2.37.